The summed E-state index contributed by atoms with van der Waals surface area (Å²) in [6.07, 6.45) is 3.52. The summed E-state index contributed by atoms with van der Waals surface area (Å²) in [5.74, 6) is -10.1. The third-order valence-electron chi connectivity index (χ3n) is 13.0. The second-order valence-electron chi connectivity index (χ2n) is 16.8. The number of rotatable bonds is 7. The monoisotopic (exact) mass is 894 g/mol. The summed E-state index contributed by atoms with van der Waals surface area (Å²) < 4.78 is 82.5. The van der Waals surface area contributed by atoms with Crippen LogP contribution in [-0.4, -0.2) is 19.1 Å². The molecule has 68 heavy (non-hydrogen) atoms. The van der Waals surface area contributed by atoms with Gasteiger partial charge in [0.1, 0.15) is 0 Å². The van der Waals surface area contributed by atoms with Crippen molar-refractivity contribution < 1.29 is 22.0 Å². The first-order valence-electron chi connectivity index (χ1n) is 22.0. The van der Waals surface area contributed by atoms with Gasteiger partial charge in [-0.25, -0.2) is 22.0 Å². The van der Waals surface area contributed by atoms with E-state index in [4.69, 9.17) is 9.97 Å². The Labute approximate surface area is 386 Å². The van der Waals surface area contributed by atoms with Gasteiger partial charge in [-0.05, 0) is 84.3 Å². The van der Waals surface area contributed by atoms with Crippen LogP contribution in [0.1, 0.15) is 5.56 Å². The molecule has 0 spiro atoms. The molecule has 0 unspecified atom stereocenters. The predicted molar refractivity (Wildman–Crippen MR) is 262 cm³/mol. The lowest BCUT2D eigenvalue weighted by molar-refractivity contribution is 0.381. The van der Waals surface area contributed by atoms with Crippen LogP contribution in [0.4, 0.5) is 22.0 Å². The van der Waals surface area contributed by atoms with Crippen molar-refractivity contribution in [3.8, 4) is 67.3 Å². The maximum Gasteiger partial charge on any atom is 0.200 e. The van der Waals surface area contributed by atoms with Crippen molar-refractivity contribution in [2.75, 3.05) is 0 Å². The molecule has 0 aliphatic rings. The zero-order valence-electron chi connectivity index (χ0n) is 36.2. The van der Waals surface area contributed by atoms with Gasteiger partial charge in [0.2, 0.25) is 5.82 Å². The Kier molecular flexibility index (Phi) is 9.62. The second-order valence-corrected chi connectivity index (χ2v) is 16.8. The Hall–Kier alpha value is -8.69. The summed E-state index contributed by atoms with van der Waals surface area (Å²) in [7, 11) is 0. The first-order valence-corrected chi connectivity index (χ1v) is 22.0. The normalized spacial score (nSPS) is 11.7. The molecule has 0 bridgehead atoms. The summed E-state index contributed by atoms with van der Waals surface area (Å²) >= 11 is 0. The maximum atomic E-state index is 16.4. The van der Waals surface area contributed by atoms with Crippen molar-refractivity contribution in [2.24, 2.45) is 0 Å². The van der Waals surface area contributed by atoms with Crippen molar-refractivity contribution in [1.29, 1.82) is 0 Å². The minimum atomic E-state index is -2.23. The average Bonchev–Trinajstić information content (AvgIpc) is 3.90. The maximum absolute atomic E-state index is 16.4. The molecule has 0 saturated heterocycles. The first-order chi connectivity index (χ1) is 33.3. The fraction of sp³-hybridized carbons (Fsp3) is 0.0169. The Balaban J connectivity index is 1.11. The van der Waals surface area contributed by atoms with Crippen LogP contribution in [-0.2, 0) is 0 Å². The molecule has 0 aliphatic carbocycles. The van der Waals surface area contributed by atoms with Crippen molar-refractivity contribution in [2.45, 2.75) is 6.92 Å². The zero-order chi connectivity index (χ0) is 46.2. The number of pyridine rings is 2. The SMILES string of the molecule is Cc1cc(-n2c3ccccc3c3cc(-c4cccnc4-c4ccccc4)ccc32)c(-c2c(F)c(F)c(F)c(F)c2F)cc1-n1c2ccccc2c2cc(-c3cccnc3-c3ccccc3)ccc21. The summed E-state index contributed by atoms with van der Waals surface area (Å²) in [6.45, 7) is 1.89. The Morgan fingerprint density at radius 3 is 1.26 bits per heavy atom. The first kappa shape index (κ1) is 40.8. The summed E-state index contributed by atoms with van der Waals surface area (Å²) in [5, 5.41) is 3.43. The number of halogens is 5. The molecular formula is C59H35F5N4. The topological polar surface area (TPSA) is 35.6 Å². The molecule has 0 N–H and O–H groups in total. The number of fused-ring (bicyclic) bond motifs is 6. The molecule has 326 valence electrons. The molecule has 0 amide bonds. The highest BCUT2D eigenvalue weighted by atomic mass is 19.2. The molecule has 0 saturated carbocycles. The molecule has 12 rings (SSSR count). The fourth-order valence-corrected chi connectivity index (χ4v) is 9.88. The van der Waals surface area contributed by atoms with E-state index in [1.807, 2.05) is 174 Å². The van der Waals surface area contributed by atoms with Crippen LogP contribution in [0.5, 0.6) is 0 Å². The molecule has 4 aromatic heterocycles. The summed E-state index contributed by atoms with van der Waals surface area (Å²) in [4.78, 5) is 9.50. The Morgan fingerprint density at radius 1 is 0.338 bits per heavy atom. The van der Waals surface area contributed by atoms with Gasteiger partial charge in [0.25, 0.3) is 0 Å². The fourth-order valence-electron chi connectivity index (χ4n) is 9.88. The average molecular weight is 895 g/mol. The van der Waals surface area contributed by atoms with Gasteiger partial charge in [-0.2, -0.15) is 0 Å². The van der Waals surface area contributed by atoms with E-state index in [1.54, 1.807) is 24.5 Å². The van der Waals surface area contributed by atoms with E-state index in [0.717, 1.165) is 77.3 Å². The van der Waals surface area contributed by atoms with Gasteiger partial charge < -0.3 is 9.13 Å². The molecule has 0 radical (unpaired) electrons. The van der Waals surface area contributed by atoms with Gasteiger partial charge in [-0.3, -0.25) is 9.97 Å². The van der Waals surface area contributed by atoms with Gasteiger partial charge in [0, 0.05) is 67.4 Å². The van der Waals surface area contributed by atoms with Gasteiger partial charge >= 0.3 is 0 Å². The highest BCUT2D eigenvalue weighted by molar-refractivity contribution is 6.13. The van der Waals surface area contributed by atoms with Crippen molar-refractivity contribution in [1.82, 2.24) is 19.1 Å². The van der Waals surface area contributed by atoms with Crippen LogP contribution >= 0.6 is 0 Å². The smallest absolute Gasteiger partial charge is 0.200 e. The number of aryl methyl sites for hydroxylation is 1. The second kappa shape index (κ2) is 16.0. The third kappa shape index (κ3) is 6.34. The number of hydrogen-bond acceptors (Lipinski definition) is 2. The molecule has 9 heteroatoms. The van der Waals surface area contributed by atoms with Gasteiger partial charge in [-0.15, -0.1) is 0 Å². The minimum absolute atomic E-state index is 0.186. The zero-order valence-corrected chi connectivity index (χ0v) is 36.2. The number of nitrogens with zero attached hydrogens (tertiary/aromatic N) is 4. The van der Waals surface area contributed by atoms with Crippen molar-refractivity contribution in [3.05, 3.63) is 229 Å². The molecule has 4 nitrogen and oxygen atoms in total. The lowest BCUT2D eigenvalue weighted by atomic mass is 9.97. The van der Waals surface area contributed by atoms with Gasteiger partial charge in [-0.1, -0.05) is 121 Å². The van der Waals surface area contributed by atoms with E-state index in [-0.39, 0.29) is 11.3 Å². The lowest BCUT2D eigenvalue weighted by Gasteiger charge is -2.20. The van der Waals surface area contributed by atoms with E-state index < -0.39 is 34.6 Å². The lowest BCUT2D eigenvalue weighted by Crippen LogP contribution is -2.08. The van der Waals surface area contributed by atoms with E-state index in [9.17, 15) is 4.39 Å². The quantitative estimate of drug-likeness (QED) is 0.0908. The Bertz CT molecular complexity index is 3960. The number of benzene rings is 8. The number of aromatic nitrogens is 4. The summed E-state index contributed by atoms with van der Waals surface area (Å²) in [5.41, 5.74) is 10.2. The van der Waals surface area contributed by atoms with Gasteiger partial charge in [0.05, 0.1) is 44.7 Å². The van der Waals surface area contributed by atoms with Crippen molar-refractivity contribution >= 4 is 43.6 Å². The molecule has 8 aromatic carbocycles. The van der Waals surface area contributed by atoms with Crippen LogP contribution in [0.3, 0.4) is 0 Å². The van der Waals surface area contributed by atoms with Crippen LogP contribution in [0.2, 0.25) is 0 Å². The van der Waals surface area contributed by atoms with Crippen LogP contribution < -0.4 is 0 Å². The van der Waals surface area contributed by atoms with Crippen LogP contribution in [0.15, 0.2) is 194 Å². The van der Waals surface area contributed by atoms with E-state index >= 15 is 17.6 Å². The molecule has 0 atom stereocenters. The molecule has 0 fully saturated rings. The standard InChI is InChI=1S/C59H35F5N4/c1-34-30-51(68-47-23-11-9-19-42(47)44-32-38(25-27-49(44)68)40-21-13-29-66-59(40)36-16-6-3-7-17-36)45(52-53(60)55(62)57(64)56(63)54(52)61)33-50(34)67-46-22-10-8-18-41(46)43-31-37(24-26-48(43)67)39-20-12-28-65-58(39)35-14-4-2-5-15-35/h2-33H,1H3. The highest BCUT2D eigenvalue weighted by Crippen LogP contribution is 2.45. The molecule has 0 aliphatic heterocycles. The van der Waals surface area contributed by atoms with E-state index in [0.29, 0.717) is 22.3 Å². The van der Waals surface area contributed by atoms with Crippen molar-refractivity contribution in [3.63, 3.8) is 0 Å². The highest BCUT2D eigenvalue weighted by Gasteiger charge is 2.30. The van der Waals surface area contributed by atoms with E-state index in [2.05, 4.69) is 12.1 Å². The van der Waals surface area contributed by atoms with Crippen LogP contribution in [0.25, 0.3) is 111 Å². The number of para-hydroxylation sites is 2. The van der Waals surface area contributed by atoms with E-state index in [1.165, 1.54) is 0 Å². The Morgan fingerprint density at radius 2 is 0.765 bits per heavy atom. The largest absolute Gasteiger partial charge is 0.309 e. The molecule has 4 heterocycles. The molecule has 12 aromatic rings. The predicted octanol–water partition coefficient (Wildman–Crippen LogP) is 16.0. The number of hydrogen-bond donors (Lipinski definition) is 0. The van der Waals surface area contributed by atoms with Crippen LogP contribution in [0, 0.1) is 36.0 Å². The summed E-state index contributed by atoms with van der Waals surface area (Å²) in [6, 6.07) is 58.4. The minimum Gasteiger partial charge on any atom is -0.309 e. The third-order valence-corrected chi connectivity index (χ3v) is 13.0. The molecular weight excluding hydrogens is 860 g/mol. The van der Waals surface area contributed by atoms with Gasteiger partial charge in [0.15, 0.2) is 23.3 Å².